The van der Waals surface area contributed by atoms with E-state index in [2.05, 4.69) is 14.9 Å². The molecule has 2 aromatic rings. The highest BCUT2D eigenvalue weighted by Gasteiger charge is 2.15. The Kier molecular flexibility index (Phi) is 2.22. The summed E-state index contributed by atoms with van der Waals surface area (Å²) in [5.41, 5.74) is 3.10. The Labute approximate surface area is 92.9 Å². The van der Waals surface area contributed by atoms with Gasteiger partial charge in [0.2, 0.25) is 0 Å². The lowest BCUT2D eigenvalue weighted by Gasteiger charge is -2.16. The largest absolute Gasteiger partial charge is 0.332 e. The van der Waals surface area contributed by atoms with E-state index in [9.17, 15) is 4.39 Å². The highest BCUT2D eigenvalue weighted by molar-refractivity contribution is 5.62. The Balaban J connectivity index is 2.06. The maximum absolute atomic E-state index is 12.8. The van der Waals surface area contributed by atoms with E-state index >= 15 is 0 Å². The van der Waals surface area contributed by atoms with Crippen molar-refractivity contribution in [1.29, 1.82) is 0 Å². The zero-order valence-electron chi connectivity index (χ0n) is 8.78. The Morgan fingerprint density at radius 1 is 1.25 bits per heavy atom. The summed E-state index contributed by atoms with van der Waals surface area (Å²) in [6.07, 6.45) is 1.86. The molecule has 1 aromatic heterocycles. The van der Waals surface area contributed by atoms with Crippen molar-refractivity contribution in [3.05, 3.63) is 42.1 Å². The van der Waals surface area contributed by atoms with Crippen LogP contribution in [-0.4, -0.2) is 16.1 Å². The van der Waals surface area contributed by atoms with Gasteiger partial charge in [0.05, 0.1) is 17.7 Å². The first-order valence-electron chi connectivity index (χ1n) is 5.35. The van der Waals surface area contributed by atoms with Crippen molar-refractivity contribution in [2.75, 3.05) is 6.54 Å². The van der Waals surface area contributed by atoms with E-state index in [1.807, 2.05) is 6.33 Å². The highest BCUT2D eigenvalue weighted by Crippen LogP contribution is 2.23. The predicted octanol–water partition coefficient (Wildman–Crippen LogP) is 1.79. The Bertz CT molecular complexity index is 501. The van der Waals surface area contributed by atoms with Gasteiger partial charge in [-0.15, -0.1) is 0 Å². The molecule has 1 N–H and O–H groups in total. The van der Waals surface area contributed by atoms with Crippen LogP contribution in [0.1, 0.15) is 5.69 Å². The average molecular weight is 217 g/mol. The van der Waals surface area contributed by atoms with E-state index in [-0.39, 0.29) is 5.82 Å². The van der Waals surface area contributed by atoms with Crippen molar-refractivity contribution < 1.29 is 4.39 Å². The Morgan fingerprint density at radius 2 is 2.06 bits per heavy atom. The zero-order valence-corrected chi connectivity index (χ0v) is 8.78. The molecule has 1 aromatic carbocycles. The van der Waals surface area contributed by atoms with Crippen LogP contribution >= 0.6 is 0 Å². The summed E-state index contributed by atoms with van der Waals surface area (Å²) >= 11 is 0. The maximum atomic E-state index is 12.8. The molecular weight excluding hydrogens is 205 g/mol. The number of nitrogens with zero attached hydrogens (tertiary/aromatic N) is 2. The molecule has 0 amide bonds. The van der Waals surface area contributed by atoms with Crippen LogP contribution < -0.4 is 5.32 Å². The van der Waals surface area contributed by atoms with Crippen molar-refractivity contribution in [3.8, 4) is 11.3 Å². The summed E-state index contributed by atoms with van der Waals surface area (Å²) in [4.78, 5) is 4.40. The molecule has 0 aliphatic carbocycles. The molecule has 0 spiro atoms. The number of nitrogens with one attached hydrogen (secondary N) is 1. The minimum Gasteiger partial charge on any atom is -0.332 e. The SMILES string of the molecule is Fc1ccc(-c2ncn3c2CNCC3)cc1. The molecule has 1 aliphatic heterocycles. The van der Waals surface area contributed by atoms with Crippen LogP contribution in [0.2, 0.25) is 0 Å². The second kappa shape index (κ2) is 3.72. The van der Waals surface area contributed by atoms with E-state index in [0.29, 0.717) is 0 Å². The van der Waals surface area contributed by atoms with Crippen molar-refractivity contribution in [2.24, 2.45) is 0 Å². The van der Waals surface area contributed by atoms with E-state index < -0.39 is 0 Å². The predicted molar refractivity (Wildman–Crippen MR) is 59.3 cm³/mol. The van der Waals surface area contributed by atoms with Gasteiger partial charge in [-0.05, 0) is 24.3 Å². The first-order valence-corrected chi connectivity index (χ1v) is 5.35. The molecule has 0 fully saturated rings. The molecule has 0 atom stereocenters. The van der Waals surface area contributed by atoms with Gasteiger partial charge in [0.1, 0.15) is 5.82 Å². The summed E-state index contributed by atoms with van der Waals surface area (Å²) in [6.45, 7) is 2.75. The molecule has 0 radical (unpaired) electrons. The fourth-order valence-corrected chi connectivity index (χ4v) is 2.04. The molecule has 2 heterocycles. The lowest BCUT2D eigenvalue weighted by atomic mass is 10.1. The summed E-state index contributed by atoms with van der Waals surface area (Å²) in [5.74, 6) is -0.213. The van der Waals surface area contributed by atoms with Gasteiger partial charge in [-0.3, -0.25) is 0 Å². The monoisotopic (exact) mass is 217 g/mol. The third kappa shape index (κ3) is 1.51. The number of rotatable bonds is 1. The summed E-state index contributed by atoms with van der Waals surface area (Å²) in [5, 5.41) is 3.31. The lowest BCUT2D eigenvalue weighted by Crippen LogP contribution is -2.27. The molecule has 1 aliphatic rings. The van der Waals surface area contributed by atoms with Crippen LogP contribution in [0, 0.1) is 5.82 Å². The standard InChI is InChI=1S/C12H12FN3/c13-10-3-1-9(2-4-10)12-11-7-14-5-6-16(11)8-15-12/h1-4,8,14H,5-7H2. The van der Waals surface area contributed by atoms with Crippen LogP contribution in [0.3, 0.4) is 0 Å². The maximum Gasteiger partial charge on any atom is 0.123 e. The van der Waals surface area contributed by atoms with Gasteiger partial charge in [0, 0.05) is 25.2 Å². The van der Waals surface area contributed by atoms with Crippen LogP contribution in [0.4, 0.5) is 4.39 Å². The molecule has 82 valence electrons. The number of halogens is 1. The van der Waals surface area contributed by atoms with Gasteiger partial charge in [0.25, 0.3) is 0 Å². The molecule has 16 heavy (non-hydrogen) atoms. The molecule has 0 bridgehead atoms. The third-order valence-corrected chi connectivity index (χ3v) is 2.89. The summed E-state index contributed by atoms with van der Waals surface area (Å²) in [6, 6.07) is 6.48. The fraction of sp³-hybridized carbons (Fsp3) is 0.250. The van der Waals surface area contributed by atoms with Gasteiger partial charge in [-0.2, -0.15) is 0 Å². The normalized spacial score (nSPS) is 14.8. The van der Waals surface area contributed by atoms with E-state index in [1.54, 1.807) is 12.1 Å². The van der Waals surface area contributed by atoms with Crippen LogP contribution in [0.15, 0.2) is 30.6 Å². The lowest BCUT2D eigenvalue weighted by molar-refractivity contribution is 0.517. The van der Waals surface area contributed by atoms with Crippen molar-refractivity contribution in [2.45, 2.75) is 13.1 Å². The van der Waals surface area contributed by atoms with Crippen LogP contribution in [-0.2, 0) is 13.1 Å². The number of imidazole rings is 1. The number of aromatic nitrogens is 2. The second-order valence-electron chi connectivity index (χ2n) is 3.92. The minimum atomic E-state index is -0.213. The van der Waals surface area contributed by atoms with Crippen molar-refractivity contribution >= 4 is 0 Å². The Hall–Kier alpha value is -1.68. The van der Waals surface area contributed by atoms with Gasteiger partial charge in [0.15, 0.2) is 0 Å². The minimum absolute atomic E-state index is 0.213. The molecule has 4 heteroatoms. The van der Waals surface area contributed by atoms with E-state index in [4.69, 9.17) is 0 Å². The quantitative estimate of drug-likeness (QED) is 0.789. The van der Waals surface area contributed by atoms with E-state index in [1.165, 1.54) is 17.8 Å². The molecule has 0 saturated carbocycles. The molecule has 3 rings (SSSR count). The number of hydrogen-bond acceptors (Lipinski definition) is 2. The van der Waals surface area contributed by atoms with Gasteiger partial charge in [-0.25, -0.2) is 9.37 Å². The Morgan fingerprint density at radius 3 is 2.88 bits per heavy atom. The fourth-order valence-electron chi connectivity index (χ4n) is 2.04. The highest BCUT2D eigenvalue weighted by atomic mass is 19.1. The zero-order chi connectivity index (χ0) is 11.0. The number of hydrogen-bond donors (Lipinski definition) is 1. The van der Waals surface area contributed by atoms with Crippen molar-refractivity contribution in [1.82, 2.24) is 14.9 Å². The number of fused-ring (bicyclic) bond motifs is 1. The first-order chi connectivity index (χ1) is 7.84. The van der Waals surface area contributed by atoms with Gasteiger partial charge in [-0.1, -0.05) is 0 Å². The smallest absolute Gasteiger partial charge is 0.123 e. The second-order valence-corrected chi connectivity index (χ2v) is 3.92. The molecule has 3 nitrogen and oxygen atoms in total. The first kappa shape index (κ1) is 9.54. The summed E-state index contributed by atoms with van der Waals surface area (Å²) < 4.78 is 15.0. The molecule has 0 unspecified atom stereocenters. The van der Waals surface area contributed by atoms with Gasteiger partial charge < -0.3 is 9.88 Å². The number of benzene rings is 1. The van der Waals surface area contributed by atoms with Gasteiger partial charge >= 0.3 is 0 Å². The molecular formula is C12H12FN3. The third-order valence-electron chi connectivity index (χ3n) is 2.89. The molecule has 0 saturated heterocycles. The summed E-state index contributed by atoms with van der Waals surface area (Å²) in [7, 11) is 0. The topological polar surface area (TPSA) is 29.9 Å². The average Bonchev–Trinajstić information content (AvgIpc) is 2.74. The van der Waals surface area contributed by atoms with Crippen LogP contribution in [0.5, 0.6) is 0 Å². The van der Waals surface area contributed by atoms with Crippen LogP contribution in [0.25, 0.3) is 11.3 Å². The van der Waals surface area contributed by atoms with Crippen molar-refractivity contribution in [3.63, 3.8) is 0 Å². The van der Waals surface area contributed by atoms with E-state index in [0.717, 1.165) is 30.9 Å².